The van der Waals surface area contributed by atoms with E-state index in [-0.39, 0.29) is 0 Å². The van der Waals surface area contributed by atoms with Crippen molar-refractivity contribution in [3.63, 3.8) is 0 Å². The Labute approximate surface area is 154 Å². The van der Waals surface area contributed by atoms with Crippen LogP contribution >= 0.6 is 34.5 Å². The Morgan fingerprint density at radius 1 is 1.21 bits per heavy atom. The Morgan fingerprint density at radius 2 is 2.00 bits per heavy atom. The normalized spacial score (nSPS) is 11.5. The van der Waals surface area contributed by atoms with Gasteiger partial charge in [-0.15, -0.1) is 10.2 Å². The zero-order valence-electron chi connectivity index (χ0n) is 13.4. The molecule has 0 unspecified atom stereocenters. The fraction of sp³-hybridized carbons (Fsp3) is 0.400. The van der Waals surface area contributed by atoms with Crippen LogP contribution in [0.3, 0.4) is 0 Å². The number of aromatic nitrogens is 4. The molecule has 3 aromatic rings. The highest BCUT2D eigenvalue weighted by Crippen LogP contribution is 2.28. The number of rotatable bonds is 7. The summed E-state index contributed by atoms with van der Waals surface area (Å²) in [5.41, 5.74) is 0. The number of nitrogens with zero attached hydrogens (tertiary/aromatic N) is 5. The van der Waals surface area contributed by atoms with Crippen molar-refractivity contribution in [1.82, 2.24) is 24.7 Å². The lowest BCUT2D eigenvalue weighted by Crippen LogP contribution is -2.23. The van der Waals surface area contributed by atoms with Gasteiger partial charge in [-0.1, -0.05) is 48.4 Å². The van der Waals surface area contributed by atoms with Crippen LogP contribution in [0.15, 0.2) is 18.2 Å². The zero-order valence-corrected chi connectivity index (χ0v) is 15.7. The minimum Gasteiger partial charge on any atom is -0.485 e. The molecule has 0 atom stereocenters. The van der Waals surface area contributed by atoms with Gasteiger partial charge in [-0.3, -0.25) is 4.90 Å². The van der Waals surface area contributed by atoms with Gasteiger partial charge in [0.2, 0.25) is 4.96 Å². The Morgan fingerprint density at radius 3 is 2.71 bits per heavy atom. The van der Waals surface area contributed by atoms with E-state index in [1.54, 1.807) is 22.7 Å². The molecule has 0 saturated carbocycles. The van der Waals surface area contributed by atoms with Crippen molar-refractivity contribution in [3.05, 3.63) is 39.1 Å². The minimum atomic E-state index is 0.320. The molecule has 0 radical (unpaired) electrons. The van der Waals surface area contributed by atoms with Crippen molar-refractivity contribution in [1.29, 1.82) is 0 Å². The molecule has 0 spiro atoms. The second-order valence-electron chi connectivity index (χ2n) is 5.13. The molecule has 2 heterocycles. The molecule has 128 valence electrons. The van der Waals surface area contributed by atoms with Crippen LogP contribution in [0.4, 0.5) is 0 Å². The quantitative estimate of drug-likeness (QED) is 0.616. The van der Waals surface area contributed by atoms with E-state index in [9.17, 15) is 0 Å². The van der Waals surface area contributed by atoms with Gasteiger partial charge in [0.25, 0.3) is 0 Å². The van der Waals surface area contributed by atoms with E-state index in [1.165, 1.54) is 11.3 Å². The van der Waals surface area contributed by atoms with Crippen LogP contribution in [0, 0.1) is 0 Å². The molecule has 0 amide bonds. The van der Waals surface area contributed by atoms with Gasteiger partial charge in [0.05, 0.1) is 11.6 Å². The van der Waals surface area contributed by atoms with Gasteiger partial charge < -0.3 is 4.74 Å². The van der Waals surface area contributed by atoms with Crippen LogP contribution < -0.4 is 4.74 Å². The van der Waals surface area contributed by atoms with Crippen molar-refractivity contribution >= 4 is 39.5 Å². The smallest absolute Gasteiger partial charge is 0.234 e. The second kappa shape index (κ2) is 7.65. The van der Waals surface area contributed by atoms with Crippen LogP contribution in [-0.4, -0.2) is 37.8 Å². The topological polar surface area (TPSA) is 55.5 Å². The maximum absolute atomic E-state index is 6.11. The highest BCUT2D eigenvalue weighted by atomic mass is 35.5. The average Bonchev–Trinajstić information content (AvgIpc) is 3.12. The summed E-state index contributed by atoms with van der Waals surface area (Å²) in [6.07, 6.45) is 0. The third-order valence-electron chi connectivity index (χ3n) is 3.60. The molecule has 1 aromatic carbocycles. The molecule has 0 aliphatic heterocycles. The fourth-order valence-electron chi connectivity index (χ4n) is 2.23. The molecule has 0 saturated heterocycles. The van der Waals surface area contributed by atoms with Gasteiger partial charge in [0, 0.05) is 5.02 Å². The van der Waals surface area contributed by atoms with Gasteiger partial charge in [0.1, 0.15) is 12.4 Å². The molecule has 24 heavy (non-hydrogen) atoms. The summed E-state index contributed by atoms with van der Waals surface area (Å²) in [5.74, 6) is 1.41. The molecular weight excluding hydrogens is 369 g/mol. The van der Waals surface area contributed by atoms with E-state index < -0.39 is 0 Å². The van der Waals surface area contributed by atoms with Crippen molar-refractivity contribution in [2.75, 3.05) is 13.1 Å². The van der Waals surface area contributed by atoms with E-state index in [2.05, 4.69) is 34.0 Å². The third-order valence-corrected chi connectivity index (χ3v) is 5.00. The maximum Gasteiger partial charge on any atom is 0.234 e. The first-order chi connectivity index (χ1) is 11.6. The monoisotopic (exact) mass is 385 g/mol. The zero-order chi connectivity index (χ0) is 17.1. The Kier molecular flexibility index (Phi) is 5.55. The van der Waals surface area contributed by atoms with Gasteiger partial charge in [0.15, 0.2) is 10.8 Å². The van der Waals surface area contributed by atoms with E-state index in [4.69, 9.17) is 27.9 Å². The number of fused-ring (bicyclic) bond motifs is 1. The standard InChI is InChI=1S/C15H17Cl2N5OS/c1-3-21(4-2)8-13-18-19-15-22(13)20-14(24-15)9-23-12-6-5-10(16)7-11(12)17/h5-7H,3-4,8-9H2,1-2H3. The molecule has 0 aliphatic carbocycles. The molecule has 0 N–H and O–H groups in total. The number of ether oxygens (including phenoxy) is 1. The predicted octanol–water partition coefficient (Wildman–Crippen LogP) is 3.91. The fourth-order valence-corrected chi connectivity index (χ4v) is 3.46. The van der Waals surface area contributed by atoms with Gasteiger partial charge in [-0.25, -0.2) is 0 Å². The van der Waals surface area contributed by atoms with Crippen molar-refractivity contribution in [3.8, 4) is 5.75 Å². The van der Waals surface area contributed by atoms with Crippen LogP contribution in [0.5, 0.6) is 5.75 Å². The van der Waals surface area contributed by atoms with Gasteiger partial charge in [-0.2, -0.15) is 9.61 Å². The van der Waals surface area contributed by atoms with Gasteiger partial charge in [-0.05, 0) is 31.3 Å². The lowest BCUT2D eigenvalue weighted by Gasteiger charge is -2.15. The van der Waals surface area contributed by atoms with E-state index in [0.717, 1.165) is 35.4 Å². The highest BCUT2D eigenvalue weighted by molar-refractivity contribution is 7.16. The summed E-state index contributed by atoms with van der Waals surface area (Å²) in [6, 6.07) is 5.14. The number of halogens is 2. The molecule has 6 nitrogen and oxygen atoms in total. The lowest BCUT2D eigenvalue weighted by atomic mass is 10.3. The van der Waals surface area contributed by atoms with Crippen molar-refractivity contribution in [2.45, 2.75) is 27.0 Å². The van der Waals surface area contributed by atoms with Crippen molar-refractivity contribution in [2.24, 2.45) is 0 Å². The summed E-state index contributed by atoms with van der Waals surface area (Å²) in [5, 5.41) is 14.8. The van der Waals surface area contributed by atoms with E-state index in [1.807, 2.05) is 0 Å². The minimum absolute atomic E-state index is 0.320. The largest absolute Gasteiger partial charge is 0.485 e. The molecule has 0 aliphatic rings. The summed E-state index contributed by atoms with van der Waals surface area (Å²) in [7, 11) is 0. The average molecular weight is 386 g/mol. The van der Waals surface area contributed by atoms with Crippen LogP contribution in [0.25, 0.3) is 4.96 Å². The number of hydrogen-bond donors (Lipinski definition) is 0. The summed E-state index contributed by atoms with van der Waals surface area (Å²) < 4.78 is 7.51. The molecule has 2 aromatic heterocycles. The molecule has 0 bridgehead atoms. The first kappa shape index (κ1) is 17.4. The SMILES string of the molecule is CCN(CC)Cc1nnc2sc(COc3ccc(Cl)cc3Cl)nn12. The maximum atomic E-state index is 6.11. The van der Waals surface area contributed by atoms with Gasteiger partial charge >= 0.3 is 0 Å². The summed E-state index contributed by atoms with van der Waals surface area (Å²) >= 11 is 13.4. The lowest BCUT2D eigenvalue weighted by molar-refractivity contribution is 0.284. The number of benzene rings is 1. The first-order valence-electron chi connectivity index (χ1n) is 7.61. The Hall–Kier alpha value is -1.41. The van der Waals surface area contributed by atoms with E-state index >= 15 is 0 Å². The summed E-state index contributed by atoms with van der Waals surface area (Å²) in [4.78, 5) is 3.03. The third kappa shape index (κ3) is 3.80. The highest BCUT2D eigenvalue weighted by Gasteiger charge is 2.14. The van der Waals surface area contributed by atoms with Crippen LogP contribution in [0.1, 0.15) is 24.7 Å². The first-order valence-corrected chi connectivity index (χ1v) is 9.18. The van der Waals surface area contributed by atoms with E-state index in [0.29, 0.717) is 22.4 Å². The predicted molar refractivity (Wildman–Crippen MR) is 96.1 cm³/mol. The van der Waals surface area contributed by atoms with Crippen LogP contribution in [-0.2, 0) is 13.2 Å². The Balaban J connectivity index is 1.73. The number of hydrogen-bond acceptors (Lipinski definition) is 6. The van der Waals surface area contributed by atoms with Crippen LogP contribution in [0.2, 0.25) is 10.0 Å². The molecule has 0 fully saturated rings. The second-order valence-corrected chi connectivity index (χ2v) is 7.02. The molecule has 9 heteroatoms. The van der Waals surface area contributed by atoms with Crippen molar-refractivity contribution < 1.29 is 4.74 Å². The Bertz CT molecular complexity index is 830. The summed E-state index contributed by atoms with van der Waals surface area (Å²) in [6.45, 7) is 7.21. The molecular formula is C15H17Cl2N5OS. The molecule has 3 rings (SSSR count).